The molecule has 0 saturated heterocycles. The van der Waals surface area contributed by atoms with Crippen LogP contribution >= 0.6 is 0 Å². The molecule has 0 radical (unpaired) electrons. The molecule has 14 heavy (non-hydrogen) atoms. The minimum Gasteiger partial charge on any atom is -0.444 e. The fraction of sp³-hybridized carbons (Fsp3) is 0.800. The number of nitrogens with zero attached hydrogens (tertiary/aromatic N) is 1. The maximum atomic E-state index is 11.2. The Kier molecular flexibility index (Phi) is 4.42. The zero-order chi connectivity index (χ0) is 11.4. The van der Waals surface area contributed by atoms with Crippen LogP contribution in [0.2, 0.25) is 0 Å². The Bertz CT molecular complexity index is 235. The quantitative estimate of drug-likeness (QED) is 0.738. The first-order valence-electron chi connectivity index (χ1n) is 4.65. The standard InChI is InChI=1S/C10H18N2O2/c1-7(2)8(6-11)12-9(13)14-10(3,4)5/h7-8H,1-5H3,(H,12,13)/t8-/m1/s1. The van der Waals surface area contributed by atoms with Crippen LogP contribution < -0.4 is 5.32 Å². The molecule has 0 aliphatic heterocycles. The first-order chi connectivity index (χ1) is 6.26. The van der Waals surface area contributed by atoms with Gasteiger partial charge in [0.1, 0.15) is 11.6 Å². The van der Waals surface area contributed by atoms with Crippen LogP contribution in [0.1, 0.15) is 34.6 Å². The second-order valence-corrected chi connectivity index (χ2v) is 4.50. The Morgan fingerprint density at radius 1 is 1.43 bits per heavy atom. The van der Waals surface area contributed by atoms with Crippen LogP contribution in [0.15, 0.2) is 0 Å². The SMILES string of the molecule is CC(C)[C@@H](C#N)NC(=O)OC(C)(C)C. The summed E-state index contributed by atoms with van der Waals surface area (Å²) in [5.41, 5.74) is -0.527. The van der Waals surface area contributed by atoms with Gasteiger partial charge in [-0.1, -0.05) is 13.8 Å². The molecule has 0 spiro atoms. The van der Waals surface area contributed by atoms with Crippen LogP contribution in [0.25, 0.3) is 0 Å². The number of alkyl carbamates (subject to hydrolysis) is 1. The number of carbonyl (C=O) groups is 1. The Morgan fingerprint density at radius 2 is 1.93 bits per heavy atom. The molecule has 0 unspecified atom stereocenters. The van der Waals surface area contributed by atoms with Gasteiger partial charge in [0.2, 0.25) is 0 Å². The van der Waals surface area contributed by atoms with Gasteiger partial charge >= 0.3 is 6.09 Å². The molecule has 0 aromatic carbocycles. The lowest BCUT2D eigenvalue weighted by atomic mass is 10.1. The molecule has 4 heteroatoms. The predicted octanol–water partition coefficient (Wildman–Crippen LogP) is 2.06. The van der Waals surface area contributed by atoms with E-state index in [1.165, 1.54) is 0 Å². The van der Waals surface area contributed by atoms with Crippen LogP contribution in [-0.4, -0.2) is 17.7 Å². The molecule has 1 N–H and O–H groups in total. The number of rotatable bonds is 2. The Balaban J connectivity index is 4.13. The molecule has 4 nitrogen and oxygen atoms in total. The molecule has 80 valence electrons. The van der Waals surface area contributed by atoms with E-state index in [9.17, 15) is 4.79 Å². The van der Waals surface area contributed by atoms with Gasteiger partial charge in [0.15, 0.2) is 0 Å². The van der Waals surface area contributed by atoms with Gasteiger partial charge in [0, 0.05) is 0 Å². The van der Waals surface area contributed by atoms with E-state index in [1.807, 2.05) is 19.9 Å². The number of amides is 1. The average molecular weight is 198 g/mol. The lowest BCUT2D eigenvalue weighted by Crippen LogP contribution is -2.40. The first kappa shape index (κ1) is 12.8. The third-order valence-electron chi connectivity index (χ3n) is 1.48. The monoisotopic (exact) mass is 198 g/mol. The maximum Gasteiger partial charge on any atom is 0.408 e. The van der Waals surface area contributed by atoms with Crippen molar-refractivity contribution in [2.75, 3.05) is 0 Å². The van der Waals surface area contributed by atoms with Crippen LogP contribution in [-0.2, 0) is 4.74 Å². The molecule has 0 rings (SSSR count). The van der Waals surface area contributed by atoms with Gasteiger partial charge in [-0.15, -0.1) is 0 Å². The van der Waals surface area contributed by atoms with Crippen molar-refractivity contribution in [3.8, 4) is 6.07 Å². The number of nitriles is 1. The third-order valence-corrected chi connectivity index (χ3v) is 1.48. The van der Waals surface area contributed by atoms with Crippen molar-refractivity contribution in [3.05, 3.63) is 0 Å². The molecule has 1 atom stereocenters. The zero-order valence-corrected chi connectivity index (χ0v) is 9.42. The Morgan fingerprint density at radius 3 is 2.21 bits per heavy atom. The molecule has 0 heterocycles. The second kappa shape index (κ2) is 4.85. The molecule has 0 saturated carbocycles. The average Bonchev–Trinajstić information content (AvgIpc) is 1.96. The summed E-state index contributed by atoms with van der Waals surface area (Å²) in [6.45, 7) is 9.08. The highest BCUT2D eigenvalue weighted by molar-refractivity contribution is 5.68. The topological polar surface area (TPSA) is 62.1 Å². The molecular formula is C10H18N2O2. The second-order valence-electron chi connectivity index (χ2n) is 4.50. The smallest absolute Gasteiger partial charge is 0.408 e. The molecule has 0 aromatic heterocycles. The van der Waals surface area contributed by atoms with Gasteiger partial charge in [-0.25, -0.2) is 4.79 Å². The molecule has 0 aliphatic rings. The van der Waals surface area contributed by atoms with Crippen molar-refractivity contribution in [2.24, 2.45) is 5.92 Å². The Labute approximate surface area is 85.2 Å². The molecule has 0 bridgehead atoms. The van der Waals surface area contributed by atoms with Crippen LogP contribution in [0.5, 0.6) is 0 Å². The summed E-state index contributed by atoms with van der Waals surface area (Å²) in [6.07, 6.45) is -0.544. The summed E-state index contributed by atoms with van der Waals surface area (Å²) in [7, 11) is 0. The molecule has 0 aromatic rings. The highest BCUT2D eigenvalue weighted by Gasteiger charge is 2.20. The van der Waals surface area contributed by atoms with Crippen LogP contribution in [0.3, 0.4) is 0 Å². The molecular weight excluding hydrogens is 180 g/mol. The summed E-state index contributed by atoms with van der Waals surface area (Å²) >= 11 is 0. The molecule has 0 fully saturated rings. The summed E-state index contributed by atoms with van der Waals surface area (Å²) in [5.74, 6) is 0.0764. The van der Waals surface area contributed by atoms with Crippen LogP contribution in [0, 0.1) is 17.2 Å². The van der Waals surface area contributed by atoms with Gasteiger partial charge in [0.05, 0.1) is 6.07 Å². The van der Waals surface area contributed by atoms with Gasteiger partial charge in [0.25, 0.3) is 0 Å². The van der Waals surface area contributed by atoms with Crippen molar-refractivity contribution < 1.29 is 9.53 Å². The van der Waals surface area contributed by atoms with E-state index in [-0.39, 0.29) is 5.92 Å². The highest BCUT2D eigenvalue weighted by atomic mass is 16.6. The van der Waals surface area contributed by atoms with Gasteiger partial charge in [-0.05, 0) is 26.7 Å². The zero-order valence-electron chi connectivity index (χ0n) is 9.42. The van der Waals surface area contributed by atoms with E-state index in [0.29, 0.717) is 0 Å². The summed E-state index contributed by atoms with van der Waals surface area (Å²) in [5, 5.41) is 11.2. The fourth-order valence-corrected chi connectivity index (χ4v) is 0.783. The number of carbonyl (C=O) groups excluding carboxylic acids is 1. The number of nitrogens with one attached hydrogen (secondary N) is 1. The van der Waals surface area contributed by atoms with E-state index in [2.05, 4.69) is 5.32 Å². The number of ether oxygens (including phenoxy) is 1. The normalized spacial score (nSPS) is 13.2. The highest BCUT2D eigenvalue weighted by Crippen LogP contribution is 2.08. The van der Waals surface area contributed by atoms with Gasteiger partial charge in [-0.2, -0.15) is 5.26 Å². The van der Waals surface area contributed by atoms with E-state index < -0.39 is 17.7 Å². The van der Waals surface area contributed by atoms with E-state index in [4.69, 9.17) is 10.00 Å². The van der Waals surface area contributed by atoms with Gasteiger partial charge < -0.3 is 10.1 Å². The van der Waals surface area contributed by atoms with Crippen molar-refractivity contribution in [1.29, 1.82) is 5.26 Å². The molecule has 0 aliphatic carbocycles. The van der Waals surface area contributed by atoms with Crippen molar-refractivity contribution in [2.45, 2.75) is 46.3 Å². The van der Waals surface area contributed by atoms with E-state index >= 15 is 0 Å². The molecule has 1 amide bonds. The largest absolute Gasteiger partial charge is 0.444 e. The lowest BCUT2D eigenvalue weighted by Gasteiger charge is -2.22. The third kappa shape index (κ3) is 5.41. The lowest BCUT2D eigenvalue weighted by molar-refractivity contribution is 0.0506. The number of hydrogen-bond acceptors (Lipinski definition) is 3. The summed E-state index contributed by atoms with van der Waals surface area (Å²) in [6, 6.07) is 1.51. The predicted molar refractivity (Wildman–Crippen MR) is 53.6 cm³/mol. The van der Waals surface area contributed by atoms with Crippen molar-refractivity contribution in [1.82, 2.24) is 5.32 Å². The maximum absolute atomic E-state index is 11.2. The van der Waals surface area contributed by atoms with E-state index in [0.717, 1.165) is 0 Å². The minimum absolute atomic E-state index is 0.0764. The van der Waals surface area contributed by atoms with Crippen molar-refractivity contribution >= 4 is 6.09 Å². The first-order valence-corrected chi connectivity index (χ1v) is 4.65. The number of hydrogen-bond donors (Lipinski definition) is 1. The van der Waals surface area contributed by atoms with E-state index in [1.54, 1.807) is 20.8 Å². The van der Waals surface area contributed by atoms with Gasteiger partial charge in [-0.3, -0.25) is 0 Å². The summed E-state index contributed by atoms with van der Waals surface area (Å²) < 4.78 is 5.02. The van der Waals surface area contributed by atoms with Crippen molar-refractivity contribution in [3.63, 3.8) is 0 Å². The fourth-order valence-electron chi connectivity index (χ4n) is 0.783. The Hall–Kier alpha value is -1.24. The summed E-state index contributed by atoms with van der Waals surface area (Å²) in [4.78, 5) is 11.2. The van der Waals surface area contributed by atoms with Crippen LogP contribution in [0.4, 0.5) is 4.79 Å². The minimum atomic E-state index is -0.544.